The maximum absolute atomic E-state index is 14.2. The van der Waals surface area contributed by atoms with Gasteiger partial charge in [0, 0.05) is 10.9 Å². The Labute approximate surface area is 281 Å². The van der Waals surface area contributed by atoms with Crippen LogP contribution in [0.2, 0.25) is 10.0 Å². The number of amides is 3. The molecule has 4 atom stereocenters. The number of methoxy groups -OCH3 is 2. The van der Waals surface area contributed by atoms with Crippen LogP contribution in [0.15, 0.2) is 87.7 Å². The number of halogens is 2. The number of nitrogens with zero attached hydrogens (tertiary/aromatic N) is 6. The molecule has 1 aliphatic carbocycles. The number of anilines is 1. The van der Waals surface area contributed by atoms with Crippen LogP contribution in [-0.4, -0.2) is 66.3 Å². The van der Waals surface area contributed by atoms with E-state index in [2.05, 4.69) is 16.4 Å². The standard InChI is InChI=1S/C34H30Cl2N6O5/c1-46-23-11-6-19(7-12-23)16-21-4-3-5-25-29(21)38-42(31(25)20-8-13-24(47-2)14-9-20)28(43)18-40-32-30(37-39-40)33(44)41(34(32)45)27-15-10-22(35)17-26(27)36/h6-17,25,30-32H,3-5,18H2,1-2H3/b21-16+/t25-,30+,31+,32+/m1/s1. The Hall–Kier alpha value is -4.74. The van der Waals surface area contributed by atoms with Gasteiger partial charge >= 0.3 is 0 Å². The van der Waals surface area contributed by atoms with Crippen LogP contribution in [0.4, 0.5) is 5.69 Å². The second-order valence-electron chi connectivity index (χ2n) is 11.7. The number of fused-ring (bicyclic) bond motifs is 2. The Bertz CT molecular complexity index is 1840. The molecule has 3 heterocycles. The van der Waals surface area contributed by atoms with Crippen molar-refractivity contribution in [3.63, 3.8) is 0 Å². The van der Waals surface area contributed by atoms with E-state index in [4.69, 9.17) is 37.8 Å². The summed E-state index contributed by atoms with van der Waals surface area (Å²) in [4.78, 5) is 42.1. The molecule has 0 N–H and O–H groups in total. The van der Waals surface area contributed by atoms with Gasteiger partial charge in [0.1, 0.15) is 18.0 Å². The number of carbonyl (C=O) groups excluding carboxylic acids is 3. The van der Waals surface area contributed by atoms with Crippen LogP contribution in [0.1, 0.15) is 36.4 Å². The van der Waals surface area contributed by atoms with E-state index < -0.39 is 23.9 Å². The number of hydrogen-bond acceptors (Lipinski definition) is 9. The molecule has 0 spiro atoms. The average molecular weight is 674 g/mol. The lowest BCUT2D eigenvalue weighted by Gasteiger charge is -2.30. The molecule has 7 rings (SSSR count). The highest BCUT2D eigenvalue weighted by atomic mass is 35.5. The summed E-state index contributed by atoms with van der Waals surface area (Å²) in [6.45, 7) is -0.306. The third-order valence-electron chi connectivity index (χ3n) is 8.98. The molecule has 47 heavy (non-hydrogen) atoms. The maximum atomic E-state index is 14.2. The summed E-state index contributed by atoms with van der Waals surface area (Å²) < 4.78 is 10.7. The Morgan fingerprint density at radius 3 is 2.32 bits per heavy atom. The predicted octanol–water partition coefficient (Wildman–Crippen LogP) is 6.13. The molecule has 3 aromatic carbocycles. The Morgan fingerprint density at radius 1 is 0.936 bits per heavy atom. The molecule has 0 radical (unpaired) electrons. The molecule has 1 saturated heterocycles. The van der Waals surface area contributed by atoms with Crippen molar-refractivity contribution in [2.45, 2.75) is 37.4 Å². The Morgan fingerprint density at radius 2 is 1.64 bits per heavy atom. The van der Waals surface area contributed by atoms with E-state index in [0.29, 0.717) is 10.8 Å². The van der Waals surface area contributed by atoms with E-state index in [1.807, 2.05) is 48.5 Å². The maximum Gasteiger partial charge on any atom is 0.264 e. The van der Waals surface area contributed by atoms with Crippen molar-refractivity contribution < 1.29 is 23.9 Å². The molecule has 240 valence electrons. The monoisotopic (exact) mass is 672 g/mol. The fraction of sp³-hybridized carbons (Fsp3) is 0.294. The molecule has 3 amide bonds. The van der Waals surface area contributed by atoms with Crippen molar-refractivity contribution in [3.05, 3.63) is 93.5 Å². The number of allylic oxidation sites excluding steroid dienone is 1. The highest BCUT2D eigenvalue weighted by molar-refractivity contribution is 6.38. The molecule has 13 heteroatoms. The second-order valence-corrected chi connectivity index (χ2v) is 12.5. The number of rotatable bonds is 7. The first-order chi connectivity index (χ1) is 22.8. The van der Waals surface area contributed by atoms with Crippen LogP contribution in [0.5, 0.6) is 11.5 Å². The number of imide groups is 1. The number of hydrazone groups is 1. The molecule has 1 saturated carbocycles. The lowest BCUT2D eigenvalue weighted by Crippen LogP contribution is -2.45. The lowest BCUT2D eigenvalue weighted by molar-refractivity contribution is -0.136. The summed E-state index contributed by atoms with van der Waals surface area (Å²) in [7, 11) is 3.24. The van der Waals surface area contributed by atoms with E-state index >= 15 is 0 Å². The highest BCUT2D eigenvalue weighted by Gasteiger charge is 2.56. The first kappa shape index (κ1) is 30.9. The van der Waals surface area contributed by atoms with E-state index in [9.17, 15) is 14.4 Å². The normalized spacial score (nSPS) is 24.1. The van der Waals surface area contributed by atoms with Gasteiger partial charge < -0.3 is 9.47 Å². The van der Waals surface area contributed by atoms with E-state index in [0.717, 1.165) is 52.3 Å². The van der Waals surface area contributed by atoms with Crippen LogP contribution in [-0.2, 0) is 14.4 Å². The van der Waals surface area contributed by atoms with Gasteiger partial charge in [-0.2, -0.15) is 10.2 Å². The minimum Gasteiger partial charge on any atom is -0.497 e. The van der Waals surface area contributed by atoms with E-state index in [-0.39, 0.29) is 35.1 Å². The highest BCUT2D eigenvalue weighted by Crippen LogP contribution is 2.45. The molecule has 11 nitrogen and oxygen atoms in total. The van der Waals surface area contributed by atoms with Gasteiger partial charge in [0.05, 0.1) is 36.7 Å². The summed E-state index contributed by atoms with van der Waals surface area (Å²) in [5.74, 6) is -0.0890. The summed E-state index contributed by atoms with van der Waals surface area (Å²) in [5, 5.41) is 16.4. The predicted molar refractivity (Wildman–Crippen MR) is 176 cm³/mol. The molecule has 3 aromatic rings. The lowest BCUT2D eigenvalue weighted by atomic mass is 9.77. The minimum atomic E-state index is -1.09. The van der Waals surface area contributed by atoms with Crippen LogP contribution < -0.4 is 14.4 Å². The Kier molecular flexibility index (Phi) is 8.19. The van der Waals surface area contributed by atoms with Gasteiger partial charge in [-0.1, -0.05) is 52.7 Å². The summed E-state index contributed by atoms with van der Waals surface area (Å²) in [6.07, 6.45) is 4.71. The molecule has 3 aliphatic heterocycles. The minimum absolute atomic E-state index is 0.0456. The second kappa shape index (κ2) is 12.5. The molecular weight excluding hydrogens is 643 g/mol. The third-order valence-corrected chi connectivity index (χ3v) is 9.51. The smallest absolute Gasteiger partial charge is 0.264 e. The largest absolute Gasteiger partial charge is 0.497 e. The van der Waals surface area contributed by atoms with Crippen LogP contribution in [0.3, 0.4) is 0 Å². The first-order valence-corrected chi connectivity index (χ1v) is 15.9. The number of ether oxygens (including phenoxy) is 2. The van der Waals surface area contributed by atoms with Crippen molar-refractivity contribution in [1.29, 1.82) is 0 Å². The third kappa shape index (κ3) is 5.53. The van der Waals surface area contributed by atoms with Crippen molar-refractivity contribution in [3.8, 4) is 11.5 Å². The molecule has 2 fully saturated rings. The summed E-state index contributed by atoms with van der Waals surface area (Å²) in [6, 6.07) is 17.4. The van der Waals surface area contributed by atoms with Gasteiger partial charge in [0.25, 0.3) is 17.7 Å². The summed E-state index contributed by atoms with van der Waals surface area (Å²) >= 11 is 12.4. The fourth-order valence-corrected chi connectivity index (χ4v) is 7.20. The molecule has 0 bridgehead atoms. The van der Waals surface area contributed by atoms with Crippen molar-refractivity contribution in [2.75, 3.05) is 25.7 Å². The average Bonchev–Trinajstić information content (AvgIpc) is 3.75. The Balaban J connectivity index is 1.19. The van der Waals surface area contributed by atoms with E-state index in [1.54, 1.807) is 20.3 Å². The molecule has 0 unspecified atom stereocenters. The van der Waals surface area contributed by atoms with Crippen molar-refractivity contribution >= 4 is 58.4 Å². The van der Waals surface area contributed by atoms with Crippen molar-refractivity contribution in [1.82, 2.24) is 10.0 Å². The fourth-order valence-electron chi connectivity index (χ4n) is 6.71. The SMILES string of the molecule is COc1ccc(/C=C2\CCC[C@@H]3C2=NN(C(=O)CN2N=N[C@@H]4C(=O)N(c5ccc(Cl)cc5Cl)C(=O)[C@H]42)[C@H]3c2ccc(OC)cc2)cc1. The van der Waals surface area contributed by atoms with Crippen LogP contribution >= 0.6 is 23.2 Å². The van der Waals surface area contributed by atoms with Gasteiger partial charge in [0.15, 0.2) is 12.1 Å². The number of hydrogen-bond donors (Lipinski definition) is 0. The zero-order valence-electron chi connectivity index (χ0n) is 25.5. The topological polar surface area (TPSA) is 116 Å². The molecular formula is C34H30Cl2N6O5. The van der Waals surface area contributed by atoms with Crippen LogP contribution in [0.25, 0.3) is 6.08 Å². The van der Waals surface area contributed by atoms with Gasteiger partial charge in [-0.3, -0.25) is 19.4 Å². The van der Waals surface area contributed by atoms with Crippen LogP contribution in [0, 0.1) is 5.92 Å². The van der Waals surface area contributed by atoms with Gasteiger partial charge in [-0.15, -0.1) is 0 Å². The quantitative estimate of drug-likeness (QED) is 0.279. The molecule has 4 aliphatic rings. The summed E-state index contributed by atoms with van der Waals surface area (Å²) in [5.41, 5.74) is 4.04. The van der Waals surface area contributed by atoms with Gasteiger partial charge in [-0.05, 0) is 84.5 Å². The van der Waals surface area contributed by atoms with Gasteiger partial charge in [0.2, 0.25) is 0 Å². The van der Waals surface area contributed by atoms with E-state index in [1.165, 1.54) is 22.2 Å². The zero-order valence-corrected chi connectivity index (χ0v) is 27.1. The number of benzene rings is 3. The number of carbonyl (C=O) groups is 3. The molecule has 0 aromatic heterocycles. The van der Waals surface area contributed by atoms with Gasteiger partial charge in [-0.25, -0.2) is 9.91 Å². The van der Waals surface area contributed by atoms with Crippen molar-refractivity contribution in [2.24, 2.45) is 21.4 Å². The first-order valence-electron chi connectivity index (χ1n) is 15.2. The zero-order chi connectivity index (χ0) is 32.8.